The maximum Gasteiger partial charge on any atom is 0.221 e. The van der Waals surface area contributed by atoms with Gasteiger partial charge in [-0.3, -0.25) is 4.79 Å². The van der Waals surface area contributed by atoms with Crippen molar-refractivity contribution in [2.45, 2.75) is 18.9 Å². The topological polar surface area (TPSA) is 46.9 Å². The van der Waals surface area contributed by atoms with E-state index in [-0.39, 0.29) is 18.1 Å². The number of hydrogen-bond donors (Lipinski definition) is 1. The van der Waals surface area contributed by atoms with Crippen LogP contribution in [0, 0.1) is 11.6 Å². The molecule has 0 spiro atoms. The third-order valence-corrected chi connectivity index (χ3v) is 4.19. The summed E-state index contributed by atoms with van der Waals surface area (Å²) in [6, 6.07) is 11.7. The zero-order chi connectivity index (χ0) is 18.5. The molecule has 0 bridgehead atoms. The van der Waals surface area contributed by atoms with Gasteiger partial charge in [0.05, 0.1) is 0 Å². The lowest BCUT2D eigenvalue weighted by Gasteiger charge is -2.19. The molecule has 6 heteroatoms. The lowest BCUT2D eigenvalue weighted by Crippen LogP contribution is -2.31. The number of imidazole rings is 1. The van der Waals surface area contributed by atoms with Crippen molar-refractivity contribution >= 4 is 5.91 Å². The molecule has 3 rings (SSSR count). The lowest BCUT2D eigenvalue weighted by molar-refractivity contribution is -0.121. The first-order valence-electron chi connectivity index (χ1n) is 8.30. The Morgan fingerprint density at radius 2 is 1.88 bits per heavy atom. The molecule has 1 amide bonds. The summed E-state index contributed by atoms with van der Waals surface area (Å²) in [6.07, 6.45) is 4.03. The van der Waals surface area contributed by atoms with Gasteiger partial charge in [0.2, 0.25) is 5.91 Å². The first-order valence-corrected chi connectivity index (χ1v) is 8.30. The number of nitrogens with one attached hydrogen (secondary N) is 1. The molecular formula is C20H19F2N3O. The van der Waals surface area contributed by atoms with E-state index in [1.807, 2.05) is 0 Å². The van der Waals surface area contributed by atoms with Crippen molar-refractivity contribution in [2.75, 3.05) is 0 Å². The lowest BCUT2D eigenvalue weighted by atomic mass is 10.0. The fourth-order valence-electron chi connectivity index (χ4n) is 2.79. The standard InChI is InChI=1S/C20H19F2N3O/c1-25-13-12-23-20(25)19(16-4-2-3-5-17(16)22)24-18(26)11-8-14-6-9-15(21)10-7-14/h2-7,9-10,12-13,19H,8,11H2,1H3,(H,24,26). The van der Waals surface area contributed by atoms with Gasteiger partial charge in [0.15, 0.2) is 0 Å². The fourth-order valence-corrected chi connectivity index (χ4v) is 2.79. The molecule has 1 aromatic heterocycles. The minimum atomic E-state index is -0.683. The molecule has 0 radical (unpaired) electrons. The van der Waals surface area contributed by atoms with Crippen molar-refractivity contribution in [1.29, 1.82) is 0 Å². The third kappa shape index (κ3) is 4.14. The highest BCUT2D eigenvalue weighted by molar-refractivity contribution is 5.77. The molecule has 134 valence electrons. The number of carbonyl (C=O) groups excluding carboxylic acids is 1. The van der Waals surface area contributed by atoms with E-state index in [2.05, 4.69) is 10.3 Å². The Morgan fingerprint density at radius 3 is 2.54 bits per heavy atom. The molecular weight excluding hydrogens is 336 g/mol. The Morgan fingerprint density at radius 1 is 1.15 bits per heavy atom. The zero-order valence-electron chi connectivity index (χ0n) is 14.3. The van der Waals surface area contributed by atoms with Gasteiger partial charge in [-0.1, -0.05) is 30.3 Å². The van der Waals surface area contributed by atoms with Crippen LogP contribution in [-0.4, -0.2) is 15.5 Å². The third-order valence-electron chi connectivity index (χ3n) is 4.19. The van der Waals surface area contributed by atoms with E-state index in [4.69, 9.17) is 0 Å². The van der Waals surface area contributed by atoms with Crippen LogP contribution in [0.5, 0.6) is 0 Å². The van der Waals surface area contributed by atoms with Gasteiger partial charge in [0, 0.05) is 31.4 Å². The van der Waals surface area contributed by atoms with Crippen LogP contribution in [-0.2, 0) is 18.3 Å². The molecule has 0 saturated carbocycles. The maximum absolute atomic E-state index is 14.3. The number of aryl methyl sites for hydroxylation is 2. The molecule has 0 fully saturated rings. The van der Waals surface area contributed by atoms with Crippen molar-refractivity contribution < 1.29 is 13.6 Å². The van der Waals surface area contributed by atoms with E-state index in [1.54, 1.807) is 54.3 Å². The summed E-state index contributed by atoms with van der Waals surface area (Å²) in [5, 5.41) is 2.86. The molecule has 2 aromatic carbocycles. The van der Waals surface area contributed by atoms with Crippen LogP contribution >= 0.6 is 0 Å². The average Bonchev–Trinajstić information content (AvgIpc) is 3.06. The molecule has 0 aliphatic carbocycles. The molecule has 0 saturated heterocycles. The molecule has 1 N–H and O–H groups in total. The number of aromatic nitrogens is 2. The smallest absolute Gasteiger partial charge is 0.221 e. The van der Waals surface area contributed by atoms with Gasteiger partial charge < -0.3 is 9.88 Å². The zero-order valence-corrected chi connectivity index (χ0v) is 14.3. The molecule has 1 atom stereocenters. The van der Waals surface area contributed by atoms with Gasteiger partial charge in [-0.15, -0.1) is 0 Å². The van der Waals surface area contributed by atoms with Gasteiger partial charge in [-0.05, 0) is 30.2 Å². The summed E-state index contributed by atoms with van der Waals surface area (Å²) in [7, 11) is 1.79. The van der Waals surface area contributed by atoms with E-state index < -0.39 is 11.9 Å². The van der Waals surface area contributed by atoms with E-state index in [0.29, 0.717) is 17.8 Å². The van der Waals surface area contributed by atoms with Gasteiger partial charge in [-0.25, -0.2) is 13.8 Å². The van der Waals surface area contributed by atoms with Crippen LogP contribution in [0.4, 0.5) is 8.78 Å². The molecule has 1 unspecified atom stereocenters. The molecule has 1 heterocycles. The van der Waals surface area contributed by atoms with Crippen molar-refractivity contribution in [3.8, 4) is 0 Å². The van der Waals surface area contributed by atoms with Crippen LogP contribution < -0.4 is 5.32 Å². The van der Waals surface area contributed by atoms with Crippen LogP contribution in [0.2, 0.25) is 0 Å². The number of amides is 1. The van der Waals surface area contributed by atoms with E-state index >= 15 is 0 Å². The van der Waals surface area contributed by atoms with Gasteiger partial charge in [0.1, 0.15) is 23.5 Å². The summed E-state index contributed by atoms with van der Waals surface area (Å²) in [5.41, 5.74) is 1.22. The SMILES string of the molecule is Cn1ccnc1C(NC(=O)CCc1ccc(F)cc1)c1ccccc1F. The van der Waals surface area contributed by atoms with Gasteiger partial charge in [0.25, 0.3) is 0 Å². The predicted octanol–water partition coefficient (Wildman–Crippen LogP) is 3.54. The summed E-state index contributed by atoms with van der Waals surface area (Å²) < 4.78 is 29.0. The van der Waals surface area contributed by atoms with Gasteiger partial charge >= 0.3 is 0 Å². The maximum atomic E-state index is 14.3. The molecule has 3 aromatic rings. The minimum absolute atomic E-state index is 0.209. The second kappa shape index (κ2) is 7.91. The van der Waals surface area contributed by atoms with Gasteiger partial charge in [-0.2, -0.15) is 0 Å². The Hall–Kier alpha value is -3.02. The Labute approximate surface area is 150 Å². The predicted molar refractivity (Wildman–Crippen MR) is 94.3 cm³/mol. The monoisotopic (exact) mass is 355 g/mol. The number of nitrogens with zero attached hydrogens (tertiary/aromatic N) is 2. The number of carbonyl (C=O) groups is 1. The van der Waals surface area contributed by atoms with Crippen LogP contribution in [0.15, 0.2) is 60.9 Å². The molecule has 4 nitrogen and oxygen atoms in total. The van der Waals surface area contributed by atoms with Crippen molar-refractivity contribution in [1.82, 2.24) is 14.9 Å². The van der Waals surface area contributed by atoms with Crippen LogP contribution in [0.3, 0.4) is 0 Å². The van der Waals surface area contributed by atoms with E-state index in [0.717, 1.165) is 5.56 Å². The Balaban J connectivity index is 1.75. The first-order chi connectivity index (χ1) is 12.5. The summed E-state index contributed by atoms with van der Waals surface area (Å²) >= 11 is 0. The highest BCUT2D eigenvalue weighted by atomic mass is 19.1. The number of halogens is 2. The van der Waals surface area contributed by atoms with Crippen LogP contribution in [0.1, 0.15) is 29.4 Å². The van der Waals surface area contributed by atoms with E-state index in [9.17, 15) is 13.6 Å². The van der Waals surface area contributed by atoms with Crippen molar-refractivity contribution in [3.63, 3.8) is 0 Å². The summed E-state index contributed by atoms with van der Waals surface area (Å²) in [4.78, 5) is 16.7. The number of benzene rings is 2. The Kier molecular flexibility index (Phi) is 5.41. The van der Waals surface area contributed by atoms with Crippen LogP contribution in [0.25, 0.3) is 0 Å². The van der Waals surface area contributed by atoms with Crippen molar-refractivity contribution in [2.24, 2.45) is 7.05 Å². The van der Waals surface area contributed by atoms with Crippen molar-refractivity contribution in [3.05, 3.63) is 89.5 Å². The molecule has 0 aliphatic heterocycles. The highest BCUT2D eigenvalue weighted by Gasteiger charge is 2.23. The highest BCUT2D eigenvalue weighted by Crippen LogP contribution is 2.23. The number of rotatable bonds is 6. The second-order valence-electron chi connectivity index (χ2n) is 6.04. The minimum Gasteiger partial charge on any atom is -0.342 e. The second-order valence-corrected chi connectivity index (χ2v) is 6.04. The molecule has 26 heavy (non-hydrogen) atoms. The summed E-state index contributed by atoms with van der Waals surface area (Å²) in [5.74, 6) is -0.400. The first kappa shape index (κ1) is 17.8. The quantitative estimate of drug-likeness (QED) is 0.735. The number of hydrogen-bond acceptors (Lipinski definition) is 2. The summed E-state index contributed by atoms with van der Waals surface area (Å²) in [6.45, 7) is 0. The normalized spacial score (nSPS) is 12.0. The average molecular weight is 355 g/mol. The largest absolute Gasteiger partial charge is 0.342 e. The van der Waals surface area contributed by atoms with E-state index in [1.165, 1.54) is 18.2 Å². The Bertz CT molecular complexity index is 890. The fraction of sp³-hybridized carbons (Fsp3) is 0.200. The molecule has 0 aliphatic rings.